The van der Waals surface area contributed by atoms with Gasteiger partial charge in [-0.1, -0.05) is 168 Å². The van der Waals surface area contributed by atoms with Crippen LogP contribution in [0, 0.1) is 13.8 Å². The van der Waals surface area contributed by atoms with Crippen molar-refractivity contribution in [2.45, 2.75) is 181 Å². The van der Waals surface area contributed by atoms with Crippen molar-refractivity contribution in [2.24, 2.45) is 0 Å². The summed E-state index contributed by atoms with van der Waals surface area (Å²) in [5.41, 5.74) is 0. The Labute approximate surface area is 229 Å². The summed E-state index contributed by atoms with van der Waals surface area (Å²) in [6.45, 7) is 12.3. The zero-order chi connectivity index (χ0) is 22.4. The first kappa shape index (κ1) is 40.3. The summed E-state index contributed by atoms with van der Waals surface area (Å²) in [6, 6.07) is 0. The van der Waals surface area contributed by atoms with E-state index >= 15 is 0 Å². The second-order valence-electron chi connectivity index (χ2n) is 9.49. The van der Waals surface area contributed by atoms with Gasteiger partial charge in [-0.15, -0.1) is 0 Å². The van der Waals surface area contributed by atoms with E-state index in [9.17, 15) is 0 Å². The van der Waals surface area contributed by atoms with Crippen molar-refractivity contribution in [3.8, 4) is 0 Å². The zero-order valence-electron chi connectivity index (χ0n) is 23.1. The molecule has 0 nitrogen and oxygen atoms in total. The molecule has 0 aromatic carbocycles. The largest absolute Gasteiger partial charge is 2.00 e. The van der Waals surface area contributed by atoms with Gasteiger partial charge in [0.05, 0.1) is 0 Å². The monoisotopic (exact) mass is 492 g/mol. The van der Waals surface area contributed by atoms with Crippen molar-refractivity contribution in [3.05, 3.63) is 13.8 Å². The third-order valence-electron chi connectivity index (χ3n) is 6.21. The maximum absolute atomic E-state index is 3.87. The number of hydrogen-bond donors (Lipinski definition) is 0. The van der Waals surface area contributed by atoms with Crippen molar-refractivity contribution >= 4 is 18.9 Å². The van der Waals surface area contributed by atoms with E-state index < -0.39 is 0 Å². The summed E-state index contributed by atoms with van der Waals surface area (Å²) in [7, 11) is 0. The minimum Gasteiger partial charge on any atom is -0.343 e. The van der Waals surface area contributed by atoms with E-state index in [2.05, 4.69) is 27.7 Å². The molecule has 0 atom stereocenters. The molecular formula is C30H62CuLi. The second kappa shape index (κ2) is 42.3. The second-order valence-corrected chi connectivity index (χ2v) is 9.49. The Hall–Kier alpha value is 1.12. The van der Waals surface area contributed by atoms with Crippen LogP contribution in [-0.2, 0) is 17.1 Å². The van der Waals surface area contributed by atoms with Gasteiger partial charge >= 0.3 is 17.1 Å². The van der Waals surface area contributed by atoms with Crippen LogP contribution in [0.1, 0.15) is 181 Å². The average Bonchev–Trinajstić information content (AvgIpc) is 2.76. The van der Waals surface area contributed by atoms with E-state index in [1.807, 2.05) is 0 Å². The van der Waals surface area contributed by atoms with Crippen LogP contribution in [0.3, 0.4) is 0 Å². The molecular weight excluding hydrogens is 431 g/mol. The van der Waals surface area contributed by atoms with Gasteiger partial charge in [-0.25, -0.2) is 0 Å². The fraction of sp³-hybridized carbons (Fsp3) is 0.933. The molecule has 0 aliphatic rings. The summed E-state index contributed by atoms with van der Waals surface area (Å²) >= 11 is 0. The molecule has 194 valence electrons. The van der Waals surface area contributed by atoms with E-state index in [4.69, 9.17) is 0 Å². The molecule has 0 aliphatic carbocycles. The molecule has 0 fully saturated rings. The van der Waals surface area contributed by atoms with E-state index in [-0.39, 0.29) is 35.9 Å². The Morgan fingerprint density at radius 3 is 0.625 bits per heavy atom. The number of unbranched alkanes of at least 4 members (excludes halogenated alkanes) is 24. The fourth-order valence-corrected chi connectivity index (χ4v) is 4.04. The molecule has 0 aromatic rings. The third kappa shape index (κ3) is 44.7. The van der Waals surface area contributed by atoms with Gasteiger partial charge in [0.15, 0.2) is 0 Å². The van der Waals surface area contributed by atoms with Crippen molar-refractivity contribution < 1.29 is 17.1 Å². The average molecular weight is 493 g/mol. The van der Waals surface area contributed by atoms with Crippen LogP contribution in [0.25, 0.3) is 0 Å². The van der Waals surface area contributed by atoms with Crippen LogP contribution in [0.2, 0.25) is 0 Å². The maximum Gasteiger partial charge on any atom is 2.00 e. The molecule has 0 bridgehead atoms. The molecule has 0 N–H and O–H groups in total. The predicted molar refractivity (Wildman–Crippen MR) is 148 cm³/mol. The summed E-state index contributed by atoms with van der Waals surface area (Å²) in [6.07, 6.45) is 36.7. The molecule has 0 heterocycles. The molecule has 0 saturated carbocycles. The van der Waals surface area contributed by atoms with Gasteiger partial charge in [-0.2, -0.15) is 12.8 Å². The van der Waals surface area contributed by atoms with Crippen LogP contribution < -0.4 is 0 Å². The van der Waals surface area contributed by atoms with Gasteiger partial charge in [-0.05, 0) is 0 Å². The van der Waals surface area contributed by atoms with Crippen LogP contribution in [-0.4, -0.2) is 18.9 Å². The first-order valence-electron chi connectivity index (χ1n) is 14.4. The molecule has 0 saturated heterocycles. The van der Waals surface area contributed by atoms with Crippen LogP contribution >= 0.6 is 0 Å². The topological polar surface area (TPSA) is 0 Å². The first-order valence-corrected chi connectivity index (χ1v) is 14.4. The zero-order valence-corrected chi connectivity index (χ0v) is 24.0. The molecule has 0 aliphatic heterocycles. The van der Waals surface area contributed by atoms with Gasteiger partial charge < -0.3 is 13.8 Å². The van der Waals surface area contributed by atoms with Crippen molar-refractivity contribution in [2.75, 3.05) is 0 Å². The summed E-state index contributed by atoms with van der Waals surface area (Å²) in [4.78, 5) is 0. The van der Waals surface area contributed by atoms with Crippen molar-refractivity contribution in [1.82, 2.24) is 0 Å². The fourth-order valence-electron chi connectivity index (χ4n) is 4.04. The number of rotatable bonds is 24. The normalized spacial score (nSPS) is 10.1. The Kier molecular flexibility index (Phi) is 53.3. The van der Waals surface area contributed by atoms with Crippen LogP contribution in [0.5, 0.6) is 0 Å². The molecule has 2 heteroatoms. The van der Waals surface area contributed by atoms with E-state index in [0.717, 1.165) is 12.8 Å². The van der Waals surface area contributed by atoms with Crippen molar-refractivity contribution in [3.63, 3.8) is 0 Å². The van der Waals surface area contributed by atoms with E-state index in [1.165, 1.54) is 154 Å². The molecule has 0 aromatic heterocycles. The van der Waals surface area contributed by atoms with Gasteiger partial charge in [0.2, 0.25) is 0 Å². The molecule has 32 heavy (non-hydrogen) atoms. The smallest absolute Gasteiger partial charge is 0.343 e. The Morgan fingerprint density at radius 2 is 0.469 bits per heavy atom. The molecule has 2 radical (unpaired) electrons. The minimum atomic E-state index is 0. The van der Waals surface area contributed by atoms with Gasteiger partial charge in [0, 0.05) is 18.9 Å². The van der Waals surface area contributed by atoms with E-state index in [1.54, 1.807) is 0 Å². The molecule has 0 amide bonds. The van der Waals surface area contributed by atoms with Crippen molar-refractivity contribution in [1.29, 1.82) is 0 Å². The standard InChI is InChI=1S/2C15H31.Cu.Li/c2*1-3-5-7-9-11-13-15-14-12-10-8-6-4-2;;/h2*1,3-15H2,2H3;;/q2*-1;+2;. The summed E-state index contributed by atoms with van der Waals surface area (Å²) < 4.78 is 0. The summed E-state index contributed by atoms with van der Waals surface area (Å²) in [5, 5.41) is 0. The quantitative estimate of drug-likeness (QED) is 0.0713. The third-order valence-corrected chi connectivity index (χ3v) is 6.21. The molecule has 0 rings (SSSR count). The van der Waals surface area contributed by atoms with Gasteiger partial charge in [0.25, 0.3) is 0 Å². The Bertz CT molecular complexity index is 207. The van der Waals surface area contributed by atoms with Gasteiger partial charge in [-0.3, -0.25) is 0 Å². The molecule has 0 spiro atoms. The maximum atomic E-state index is 3.87. The van der Waals surface area contributed by atoms with Crippen LogP contribution in [0.4, 0.5) is 0 Å². The summed E-state index contributed by atoms with van der Waals surface area (Å²) in [5.74, 6) is 0. The Morgan fingerprint density at radius 1 is 0.312 bits per heavy atom. The predicted octanol–water partition coefficient (Wildman–Crippen LogP) is 11.4. The number of hydrogen-bond acceptors (Lipinski definition) is 0. The van der Waals surface area contributed by atoms with E-state index in [0.29, 0.717) is 0 Å². The first-order chi connectivity index (χ1) is 14.8. The Balaban J connectivity index is -0.000000231. The molecule has 0 unspecified atom stereocenters. The SMILES string of the molecule is [CH2-]CCCCCCCCCCCCCC.[CH2-]CCCCCCCCCCCCCC.[Cu+2].[Li]. The van der Waals surface area contributed by atoms with Crippen LogP contribution in [0.15, 0.2) is 0 Å². The van der Waals surface area contributed by atoms with Gasteiger partial charge in [0.1, 0.15) is 0 Å². The minimum absolute atomic E-state index is 0.